The predicted octanol–water partition coefficient (Wildman–Crippen LogP) is 4.11. The molecule has 1 atom stereocenters. The molecule has 0 aliphatic rings. The van der Waals surface area contributed by atoms with Gasteiger partial charge in [0.05, 0.1) is 19.5 Å². The first-order valence-electron chi connectivity index (χ1n) is 13.9. The fourth-order valence-electron chi connectivity index (χ4n) is 2.89. The van der Waals surface area contributed by atoms with Crippen molar-refractivity contribution in [3.05, 3.63) is 65.2 Å². The zero-order chi connectivity index (χ0) is 27.7. The van der Waals surface area contributed by atoms with E-state index in [9.17, 15) is 15.3 Å². The molecule has 0 aliphatic carbocycles. The highest BCUT2D eigenvalue weighted by Crippen LogP contribution is 2.22. The van der Waals surface area contributed by atoms with Crippen LogP contribution in [-0.4, -0.2) is 41.5 Å². The summed E-state index contributed by atoms with van der Waals surface area (Å²) in [4.78, 5) is 0. The topological polar surface area (TPSA) is 82.0 Å². The molecule has 1 unspecified atom stereocenters. The molecular formula is C25H37NO4. The van der Waals surface area contributed by atoms with E-state index in [2.05, 4.69) is 5.32 Å². The van der Waals surface area contributed by atoms with Crippen molar-refractivity contribution in [2.24, 2.45) is 0 Å². The molecule has 0 amide bonds. The Balaban J connectivity index is 1.69. The number of phenols is 1. The molecule has 0 saturated carbocycles. The van der Waals surface area contributed by atoms with E-state index in [4.69, 9.17) is 14.3 Å². The molecule has 166 valence electrons. The lowest BCUT2D eigenvalue weighted by molar-refractivity contribution is 0.126. The molecule has 5 nitrogen and oxygen atoms in total. The molecule has 5 heteroatoms. The highest BCUT2D eigenvalue weighted by atomic mass is 16.5. The molecule has 2 rings (SSSR count). The van der Waals surface area contributed by atoms with E-state index in [0.717, 1.165) is 31.0 Å². The van der Waals surface area contributed by atoms with Crippen molar-refractivity contribution in [2.75, 3.05) is 26.2 Å². The summed E-state index contributed by atoms with van der Waals surface area (Å²) in [5.74, 6) is -0.579. The van der Waals surface area contributed by atoms with Gasteiger partial charge in [0.25, 0.3) is 0 Å². The standard InChI is InChI=1S/C25H37NO4/c27-20-23-18-22(13-14-24(23)28)25(29)19-26-15-7-1-2-8-16-30-17-9-6-12-21-10-4-3-5-11-21/h3-5,10-11,13-14,18,25-29H,1-2,6-9,12,15-17,19-20H2/i17D2,19D2,20D2,25D. The van der Waals surface area contributed by atoms with Crippen LogP contribution in [-0.2, 0) is 17.7 Å². The number of hydrogen-bond donors (Lipinski definition) is 4. The number of aliphatic hydroxyl groups is 2. The minimum absolute atomic E-state index is 0.154. The van der Waals surface area contributed by atoms with E-state index in [1.807, 2.05) is 30.3 Å². The van der Waals surface area contributed by atoms with Crippen molar-refractivity contribution in [1.29, 1.82) is 0 Å². The average molecular weight is 423 g/mol. The summed E-state index contributed by atoms with van der Waals surface area (Å²) in [5, 5.41) is 32.4. The Kier molecular flexibility index (Phi) is 7.89. The molecule has 0 fully saturated rings. The van der Waals surface area contributed by atoms with Gasteiger partial charge in [-0.15, -0.1) is 0 Å². The van der Waals surface area contributed by atoms with Crippen LogP contribution >= 0.6 is 0 Å². The van der Waals surface area contributed by atoms with E-state index in [0.29, 0.717) is 32.1 Å². The van der Waals surface area contributed by atoms with Gasteiger partial charge in [-0.3, -0.25) is 0 Å². The molecule has 0 heterocycles. The van der Waals surface area contributed by atoms with Crippen molar-refractivity contribution in [3.8, 4) is 5.75 Å². The third-order valence-electron chi connectivity index (χ3n) is 4.58. The average Bonchev–Trinajstić information content (AvgIpc) is 2.80. The van der Waals surface area contributed by atoms with Crippen LogP contribution < -0.4 is 5.32 Å². The Morgan fingerprint density at radius 2 is 1.80 bits per heavy atom. The van der Waals surface area contributed by atoms with E-state index < -0.39 is 37.0 Å². The zero-order valence-corrected chi connectivity index (χ0v) is 17.2. The molecule has 30 heavy (non-hydrogen) atoms. The first kappa shape index (κ1) is 15.8. The molecule has 2 aromatic rings. The van der Waals surface area contributed by atoms with Crippen molar-refractivity contribution < 1.29 is 29.7 Å². The van der Waals surface area contributed by atoms with Gasteiger partial charge in [0, 0.05) is 28.0 Å². The molecule has 0 saturated heterocycles. The third kappa shape index (κ3) is 9.72. The van der Waals surface area contributed by atoms with Crippen molar-refractivity contribution in [1.82, 2.24) is 5.32 Å². The molecule has 0 spiro atoms. The van der Waals surface area contributed by atoms with Crippen LogP contribution in [0, 0.1) is 0 Å². The van der Waals surface area contributed by atoms with Gasteiger partial charge in [-0.05, 0) is 61.9 Å². The second-order valence-electron chi connectivity index (χ2n) is 6.99. The van der Waals surface area contributed by atoms with Crippen LogP contribution in [0.25, 0.3) is 0 Å². The van der Waals surface area contributed by atoms with Crippen molar-refractivity contribution in [2.45, 2.75) is 57.6 Å². The minimum atomic E-state index is -2.93. The quantitative estimate of drug-likeness (QED) is 0.306. The van der Waals surface area contributed by atoms with E-state index in [1.165, 1.54) is 5.56 Å². The molecule has 4 N–H and O–H groups in total. The third-order valence-corrected chi connectivity index (χ3v) is 4.58. The first-order valence-corrected chi connectivity index (χ1v) is 10.4. The zero-order valence-electron chi connectivity index (χ0n) is 24.2. The van der Waals surface area contributed by atoms with Gasteiger partial charge in [0.2, 0.25) is 0 Å². The highest BCUT2D eigenvalue weighted by Gasteiger charge is 2.09. The second-order valence-corrected chi connectivity index (χ2v) is 6.99. The number of unbranched alkanes of at least 4 members (excludes halogenated alkanes) is 3. The number of rotatable bonds is 16. The molecular weight excluding hydrogens is 378 g/mol. The molecule has 0 aliphatic heterocycles. The predicted molar refractivity (Wildman–Crippen MR) is 121 cm³/mol. The Labute approximate surface area is 190 Å². The first-order chi connectivity index (χ1) is 17.2. The summed E-state index contributed by atoms with van der Waals surface area (Å²) in [6.45, 7) is -6.79. The largest absolute Gasteiger partial charge is 0.508 e. The normalized spacial score (nSPS) is 18.1. The number of aromatic hydroxyl groups is 1. The second kappa shape index (κ2) is 15.0. The van der Waals surface area contributed by atoms with E-state index >= 15 is 0 Å². The monoisotopic (exact) mass is 422 g/mol. The summed E-state index contributed by atoms with van der Waals surface area (Å²) in [5.41, 5.74) is 0.265. The van der Waals surface area contributed by atoms with Gasteiger partial charge in [0.15, 0.2) is 0 Å². The van der Waals surface area contributed by atoms with E-state index in [-0.39, 0.29) is 18.7 Å². The number of ether oxygens (including phenoxy) is 1. The van der Waals surface area contributed by atoms with Crippen LogP contribution in [0.2, 0.25) is 0 Å². The Bertz CT molecular complexity index is 969. The summed E-state index contributed by atoms with van der Waals surface area (Å²) < 4.78 is 60.5. The fraction of sp³-hybridized carbons (Fsp3) is 0.520. The van der Waals surface area contributed by atoms with Crippen LogP contribution in [0.4, 0.5) is 0 Å². The fourth-order valence-corrected chi connectivity index (χ4v) is 2.89. The lowest BCUT2D eigenvalue weighted by Gasteiger charge is -2.14. The van der Waals surface area contributed by atoms with Crippen LogP contribution in [0.3, 0.4) is 0 Å². The Morgan fingerprint density at radius 3 is 2.60 bits per heavy atom. The van der Waals surface area contributed by atoms with Gasteiger partial charge in [0.1, 0.15) is 5.75 Å². The maximum absolute atomic E-state index is 10.6. The van der Waals surface area contributed by atoms with Gasteiger partial charge in [-0.2, -0.15) is 0 Å². The van der Waals surface area contributed by atoms with E-state index in [1.54, 1.807) is 0 Å². The lowest BCUT2D eigenvalue weighted by atomic mass is 10.1. The van der Waals surface area contributed by atoms with Crippen molar-refractivity contribution in [3.63, 3.8) is 0 Å². The highest BCUT2D eigenvalue weighted by molar-refractivity contribution is 5.36. The number of hydrogen-bond acceptors (Lipinski definition) is 5. The maximum atomic E-state index is 10.6. The summed E-state index contributed by atoms with van der Waals surface area (Å²) in [7, 11) is 0. The number of aryl methyl sites for hydroxylation is 1. The molecule has 0 aromatic heterocycles. The Morgan fingerprint density at radius 1 is 1.00 bits per heavy atom. The van der Waals surface area contributed by atoms with Gasteiger partial charge in [-0.1, -0.05) is 49.2 Å². The van der Waals surface area contributed by atoms with Crippen LogP contribution in [0.5, 0.6) is 5.75 Å². The molecule has 2 aromatic carbocycles. The van der Waals surface area contributed by atoms with Crippen LogP contribution in [0.1, 0.15) is 70.9 Å². The summed E-state index contributed by atoms with van der Waals surface area (Å²) >= 11 is 0. The molecule has 0 bridgehead atoms. The Hall–Kier alpha value is -1.92. The maximum Gasteiger partial charge on any atom is 0.121 e. The lowest BCUT2D eigenvalue weighted by Crippen LogP contribution is -2.22. The smallest absolute Gasteiger partial charge is 0.121 e. The minimum Gasteiger partial charge on any atom is -0.508 e. The van der Waals surface area contributed by atoms with Gasteiger partial charge in [-0.25, -0.2) is 0 Å². The number of benzene rings is 2. The SMILES string of the molecule is [2H]C([2H])(CCCc1ccccc1)OCCCCCCNC([2H])([2H])C([2H])(O)c1ccc(O)c(C([2H])([2H])O)c1. The number of nitrogens with one attached hydrogen (secondary N) is 1. The molecule has 0 radical (unpaired) electrons. The summed E-state index contributed by atoms with van der Waals surface area (Å²) in [6, 6.07) is 12.8. The summed E-state index contributed by atoms with van der Waals surface area (Å²) in [6.07, 6.45) is 1.60. The van der Waals surface area contributed by atoms with Crippen molar-refractivity contribution >= 4 is 0 Å². The van der Waals surface area contributed by atoms with Gasteiger partial charge < -0.3 is 25.4 Å². The van der Waals surface area contributed by atoms with Gasteiger partial charge >= 0.3 is 0 Å². The van der Waals surface area contributed by atoms with Crippen LogP contribution in [0.15, 0.2) is 48.5 Å².